The first kappa shape index (κ1) is 15.4. The number of hydrogen-bond acceptors (Lipinski definition) is 3. The molecule has 1 fully saturated rings. The van der Waals surface area contributed by atoms with E-state index in [1.54, 1.807) is 0 Å². The lowest BCUT2D eigenvalue weighted by molar-refractivity contribution is -0.126. The number of likely N-dealkylation sites (tertiary alicyclic amines) is 1. The van der Waals surface area contributed by atoms with Crippen LogP contribution in [0.1, 0.15) is 39.5 Å². The quantitative estimate of drug-likeness (QED) is 0.541. The van der Waals surface area contributed by atoms with Crippen molar-refractivity contribution in [2.24, 2.45) is 11.1 Å². The molecule has 3 N–H and O–H groups in total. The summed E-state index contributed by atoms with van der Waals surface area (Å²) in [6, 6.07) is 0. The van der Waals surface area contributed by atoms with E-state index >= 15 is 0 Å². The zero-order chi connectivity index (χ0) is 13.6. The van der Waals surface area contributed by atoms with E-state index in [2.05, 4.69) is 10.2 Å². The normalized spacial score (nSPS) is 19.4. The van der Waals surface area contributed by atoms with E-state index in [1.165, 1.54) is 25.9 Å². The third-order valence-corrected chi connectivity index (χ3v) is 4.34. The smallest absolute Gasteiger partial charge is 0.232 e. The van der Waals surface area contributed by atoms with Crippen LogP contribution in [0, 0.1) is 5.41 Å². The van der Waals surface area contributed by atoms with Gasteiger partial charge in [0.1, 0.15) is 0 Å². The average Bonchev–Trinajstić information content (AvgIpc) is 2.86. The number of nitrogens with two attached hydrogens (primary N) is 1. The predicted molar refractivity (Wildman–Crippen MR) is 78.5 cm³/mol. The Balaban J connectivity index is 2.25. The molecule has 0 aromatic carbocycles. The molecule has 1 unspecified atom stereocenters. The lowest BCUT2D eigenvalue weighted by Gasteiger charge is -2.25. The Morgan fingerprint density at radius 2 is 2.06 bits per heavy atom. The molecule has 0 aliphatic carbocycles. The number of carbonyl (C=O) groups is 1. The van der Waals surface area contributed by atoms with Crippen molar-refractivity contribution < 1.29 is 4.79 Å². The molecule has 1 aliphatic rings. The van der Waals surface area contributed by atoms with Gasteiger partial charge in [-0.15, -0.1) is 0 Å². The van der Waals surface area contributed by atoms with Gasteiger partial charge in [0.15, 0.2) is 0 Å². The Labute approximate surface area is 115 Å². The summed E-state index contributed by atoms with van der Waals surface area (Å²) in [5, 5.41) is 2.95. The summed E-state index contributed by atoms with van der Waals surface area (Å²) in [6.45, 7) is 7.92. The third-order valence-electron chi connectivity index (χ3n) is 3.89. The molecule has 4 nitrogen and oxygen atoms in total. The zero-order valence-electron chi connectivity index (χ0n) is 11.5. The van der Waals surface area contributed by atoms with E-state index in [-0.39, 0.29) is 10.9 Å². The summed E-state index contributed by atoms with van der Waals surface area (Å²) in [7, 11) is 0. The highest BCUT2D eigenvalue weighted by Gasteiger charge is 2.34. The topological polar surface area (TPSA) is 58.4 Å². The molecule has 5 heteroatoms. The Morgan fingerprint density at radius 1 is 1.44 bits per heavy atom. The minimum Gasteiger partial charge on any atom is -0.392 e. The van der Waals surface area contributed by atoms with Crippen molar-refractivity contribution in [2.45, 2.75) is 39.5 Å². The molecule has 104 valence electrons. The first-order valence-corrected chi connectivity index (χ1v) is 7.22. The van der Waals surface area contributed by atoms with Crippen molar-refractivity contribution in [1.29, 1.82) is 0 Å². The molecule has 1 atom stereocenters. The van der Waals surface area contributed by atoms with Gasteiger partial charge in [0, 0.05) is 6.54 Å². The van der Waals surface area contributed by atoms with Crippen molar-refractivity contribution in [2.75, 3.05) is 26.2 Å². The van der Waals surface area contributed by atoms with Crippen LogP contribution in [-0.4, -0.2) is 42.0 Å². The monoisotopic (exact) mass is 271 g/mol. The van der Waals surface area contributed by atoms with Crippen LogP contribution in [0.15, 0.2) is 0 Å². The van der Waals surface area contributed by atoms with E-state index < -0.39 is 5.41 Å². The van der Waals surface area contributed by atoms with Gasteiger partial charge in [0.05, 0.1) is 10.4 Å². The highest BCUT2D eigenvalue weighted by atomic mass is 32.1. The van der Waals surface area contributed by atoms with Crippen molar-refractivity contribution in [3.8, 4) is 0 Å². The molecule has 0 aromatic heterocycles. The average molecular weight is 271 g/mol. The molecule has 1 saturated heterocycles. The molecule has 0 saturated carbocycles. The summed E-state index contributed by atoms with van der Waals surface area (Å²) in [6.07, 6.45) is 4.24. The lowest BCUT2D eigenvalue weighted by Crippen LogP contribution is -2.47. The number of hydrogen-bond donors (Lipinski definition) is 2. The first-order valence-electron chi connectivity index (χ1n) is 6.81. The SMILES string of the molecule is CCC(C)(C(=O)NCCCN1CCCC1)C(N)=S. The van der Waals surface area contributed by atoms with Gasteiger partial charge >= 0.3 is 0 Å². The largest absolute Gasteiger partial charge is 0.392 e. The molecule has 0 radical (unpaired) electrons. The van der Waals surface area contributed by atoms with Gasteiger partial charge in [-0.25, -0.2) is 0 Å². The van der Waals surface area contributed by atoms with Gasteiger partial charge in [-0.05, 0) is 52.2 Å². The van der Waals surface area contributed by atoms with Crippen LogP contribution in [0.3, 0.4) is 0 Å². The molecule has 1 aliphatic heterocycles. The molecular formula is C13H25N3OS. The van der Waals surface area contributed by atoms with Gasteiger partial charge < -0.3 is 16.0 Å². The molecule has 1 rings (SSSR count). The Kier molecular flexibility index (Phi) is 6.02. The first-order chi connectivity index (χ1) is 8.50. The maximum Gasteiger partial charge on any atom is 0.232 e. The third kappa shape index (κ3) is 3.92. The van der Waals surface area contributed by atoms with E-state index in [1.807, 2.05) is 13.8 Å². The van der Waals surface area contributed by atoms with Gasteiger partial charge in [0.2, 0.25) is 5.91 Å². The number of nitrogens with zero attached hydrogens (tertiary/aromatic N) is 1. The Morgan fingerprint density at radius 3 is 2.56 bits per heavy atom. The second-order valence-corrected chi connectivity index (χ2v) is 5.65. The standard InChI is InChI=1S/C13H25N3OS/c1-3-13(2,11(14)18)12(17)15-7-6-10-16-8-4-5-9-16/h3-10H2,1-2H3,(H2,14,18)(H,15,17). The maximum absolute atomic E-state index is 12.0. The highest BCUT2D eigenvalue weighted by molar-refractivity contribution is 7.80. The molecule has 0 aromatic rings. The van der Waals surface area contributed by atoms with E-state index in [0.717, 1.165) is 13.0 Å². The van der Waals surface area contributed by atoms with Crippen molar-refractivity contribution >= 4 is 23.1 Å². The van der Waals surface area contributed by atoms with Crippen LogP contribution in [0.4, 0.5) is 0 Å². The van der Waals surface area contributed by atoms with Gasteiger partial charge in [-0.2, -0.15) is 0 Å². The fourth-order valence-electron chi connectivity index (χ4n) is 2.15. The second kappa shape index (κ2) is 7.04. The summed E-state index contributed by atoms with van der Waals surface area (Å²) in [5.41, 5.74) is 4.94. The van der Waals surface area contributed by atoms with Crippen LogP contribution >= 0.6 is 12.2 Å². The summed E-state index contributed by atoms with van der Waals surface area (Å²) >= 11 is 4.98. The van der Waals surface area contributed by atoms with Crippen LogP contribution in [0.5, 0.6) is 0 Å². The van der Waals surface area contributed by atoms with Crippen molar-refractivity contribution in [3.63, 3.8) is 0 Å². The minimum atomic E-state index is -0.705. The van der Waals surface area contributed by atoms with Crippen molar-refractivity contribution in [1.82, 2.24) is 10.2 Å². The number of nitrogens with one attached hydrogen (secondary N) is 1. The van der Waals surface area contributed by atoms with Gasteiger partial charge in [-0.3, -0.25) is 4.79 Å². The van der Waals surface area contributed by atoms with Crippen LogP contribution in [-0.2, 0) is 4.79 Å². The van der Waals surface area contributed by atoms with E-state index in [0.29, 0.717) is 13.0 Å². The fourth-order valence-corrected chi connectivity index (χ4v) is 2.39. The molecule has 0 spiro atoms. The molecular weight excluding hydrogens is 246 g/mol. The number of carbonyl (C=O) groups excluding carboxylic acids is 1. The molecule has 1 amide bonds. The van der Waals surface area contributed by atoms with Crippen LogP contribution < -0.4 is 11.1 Å². The number of rotatable bonds is 7. The summed E-state index contributed by atoms with van der Waals surface area (Å²) < 4.78 is 0. The second-order valence-electron chi connectivity index (χ2n) is 5.21. The fraction of sp³-hybridized carbons (Fsp3) is 0.846. The van der Waals surface area contributed by atoms with E-state index in [4.69, 9.17) is 18.0 Å². The zero-order valence-corrected chi connectivity index (χ0v) is 12.3. The van der Waals surface area contributed by atoms with Crippen LogP contribution in [0.2, 0.25) is 0 Å². The minimum absolute atomic E-state index is 0.0427. The number of amides is 1. The maximum atomic E-state index is 12.0. The molecule has 1 heterocycles. The number of thiocarbonyl (C=S) groups is 1. The van der Waals surface area contributed by atoms with Gasteiger partial charge in [0.25, 0.3) is 0 Å². The highest BCUT2D eigenvalue weighted by Crippen LogP contribution is 2.21. The summed E-state index contributed by atoms with van der Waals surface area (Å²) in [4.78, 5) is 14.8. The van der Waals surface area contributed by atoms with Crippen LogP contribution in [0.25, 0.3) is 0 Å². The Hall–Kier alpha value is -0.680. The summed E-state index contributed by atoms with van der Waals surface area (Å²) in [5.74, 6) is -0.0427. The lowest BCUT2D eigenvalue weighted by atomic mass is 9.86. The Bertz CT molecular complexity index is 303. The molecule has 18 heavy (non-hydrogen) atoms. The van der Waals surface area contributed by atoms with E-state index in [9.17, 15) is 4.79 Å². The van der Waals surface area contributed by atoms with Crippen molar-refractivity contribution in [3.05, 3.63) is 0 Å². The molecule has 0 bridgehead atoms. The predicted octanol–water partition coefficient (Wildman–Crippen LogP) is 1.29. The van der Waals surface area contributed by atoms with Gasteiger partial charge in [-0.1, -0.05) is 19.1 Å².